The van der Waals surface area contributed by atoms with Gasteiger partial charge in [0.15, 0.2) is 5.43 Å². The van der Waals surface area contributed by atoms with Crippen LogP contribution in [0.3, 0.4) is 0 Å². The van der Waals surface area contributed by atoms with Gasteiger partial charge in [-0.2, -0.15) is 0 Å². The van der Waals surface area contributed by atoms with E-state index in [4.69, 9.17) is 20.8 Å². The highest BCUT2D eigenvalue weighted by atomic mass is 35.5. The first-order valence-electron chi connectivity index (χ1n) is 9.58. The highest BCUT2D eigenvalue weighted by Crippen LogP contribution is 2.42. The van der Waals surface area contributed by atoms with Gasteiger partial charge in [0, 0.05) is 5.02 Å². The normalized spacial score (nSPS) is 15.5. The largest absolute Gasteiger partial charge is 0.497 e. The number of anilines is 1. The van der Waals surface area contributed by atoms with Gasteiger partial charge < -0.3 is 9.15 Å². The van der Waals surface area contributed by atoms with Crippen LogP contribution in [0.1, 0.15) is 39.7 Å². The number of fused-ring (bicyclic) bond motifs is 2. The van der Waals surface area contributed by atoms with Crippen LogP contribution in [0.25, 0.3) is 11.0 Å². The molecule has 156 valence electrons. The van der Waals surface area contributed by atoms with Gasteiger partial charge in [-0.25, -0.2) is 0 Å². The lowest BCUT2D eigenvalue weighted by Gasteiger charge is -2.22. The third kappa shape index (κ3) is 3.10. The van der Waals surface area contributed by atoms with Crippen molar-refractivity contribution in [2.75, 3.05) is 12.0 Å². The SMILES string of the molecule is CCc1nnc(N2C(=O)c3oc4ccc(Cl)cc4c(=O)c3[C@H]2c2cccc(OC)c2)s1. The van der Waals surface area contributed by atoms with Crippen LogP contribution in [0, 0.1) is 0 Å². The highest BCUT2D eigenvalue weighted by Gasteiger charge is 2.45. The van der Waals surface area contributed by atoms with Crippen LogP contribution >= 0.6 is 22.9 Å². The van der Waals surface area contributed by atoms with Gasteiger partial charge in [-0.3, -0.25) is 14.5 Å². The first kappa shape index (κ1) is 19.7. The molecule has 1 amide bonds. The average molecular weight is 454 g/mol. The van der Waals surface area contributed by atoms with Crippen molar-refractivity contribution in [1.29, 1.82) is 0 Å². The van der Waals surface area contributed by atoms with Crippen LogP contribution < -0.4 is 15.1 Å². The number of benzene rings is 2. The molecular formula is C22H16ClN3O4S. The lowest BCUT2D eigenvalue weighted by Crippen LogP contribution is -2.29. The number of carbonyl (C=O) groups is 1. The minimum atomic E-state index is -0.727. The summed E-state index contributed by atoms with van der Waals surface area (Å²) in [5, 5.41) is 10.3. The lowest BCUT2D eigenvalue weighted by molar-refractivity contribution is 0.0970. The molecule has 1 aliphatic heterocycles. The minimum absolute atomic E-state index is 0.000825. The second-order valence-corrected chi connectivity index (χ2v) is 8.48. The molecular weight excluding hydrogens is 438 g/mol. The van der Waals surface area contributed by atoms with Gasteiger partial charge >= 0.3 is 0 Å². The van der Waals surface area contributed by atoms with Crippen molar-refractivity contribution < 1.29 is 13.9 Å². The molecule has 0 bridgehead atoms. The number of amides is 1. The Morgan fingerprint density at radius 3 is 2.77 bits per heavy atom. The summed E-state index contributed by atoms with van der Waals surface area (Å²) < 4.78 is 11.3. The van der Waals surface area contributed by atoms with E-state index in [0.717, 1.165) is 5.01 Å². The molecule has 1 atom stereocenters. The Bertz CT molecular complexity index is 1400. The summed E-state index contributed by atoms with van der Waals surface area (Å²) in [4.78, 5) is 28.5. The number of aryl methyl sites for hydroxylation is 1. The average Bonchev–Trinajstić information content (AvgIpc) is 3.37. The van der Waals surface area contributed by atoms with Crippen LogP contribution in [0.2, 0.25) is 5.02 Å². The van der Waals surface area contributed by atoms with E-state index < -0.39 is 11.9 Å². The number of carbonyl (C=O) groups excluding carboxylic acids is 1. The molecule has 31 heavy (non-hydrogen) atoms. The Labute approximate surface area is 185 Å². The Morgan fingerprint density at radius 1 is 1.19 bits per heavy atom. The van der Waals surface area contributed by atoms with E-state index in [2.05, 4.69) is 10.2 Å². The lowest BCUT2D eigenvalue weighted by atomic mass is 9.98. The van der Waals surface area contributed by atoms with Crippen LogP contribution in [0.5, 0.6) is 5.75 Å². The van der Waals surface area contributed by atoms with Crippen molar-refractivity contribution in [3.63, 3.8) is 0 Å². The van der Waals surface area contributed by atoms with Crippen LogP contribution in [-0.2, 0) is 6.42 Å². The molecule has 3 heterocycles. The van der Waals surface area contributed by atoms with E-state index >= 15 is 0 Å². The topological polar surface area (TPSA) is 85.5 Å². The molecule has 5 rings (SSSR count). The van der Waals surface area contributed by atoms with Gasteiger partial charge in [-0.1, -0.05) is 42.0 Å². The Morgan fingerprint density at radius 2 is 2.03 bits per heavy atom. The van der Waals surface area contributed by atoms with Crippen molar-refractivity contribution in [2.24, 2.45) is 0 Å². The van der Waals surface area contributed by atoms with E-state index in [1.54, 1.807) is 37.4 Å². The van der Waals surface area contributed by atoms with Crippen LogP contribution in [0.15, 0.2) is 51.7 Å². The number of hydrogen-bond acceptors (Lipinski definition) is 7. The molecule has 0 aliphatic carbocycles. The van der Waals surface area contributed by atoms with Crippen molar-refractivity contribution in [3.05, 3.63) is 79.6 Å². The summed E-state index contributed by atoms with van der Waals surface area (Å²) in [5.74, 6) is 0.176. The summed E-state index contributed by atoms with van der Waals surface area (Å²) in [6.07, 6.45) is 0.691. The van der Waals surface area contributed by atoms with Gasteiger partial charge in [0.05, 0.1) is 24.1 Å². The zero-order chi connectivity index (χ0) is 21.7. The fourth-order valence-corrected chi connectivity index (χ4v) is 4.73. The monoisotopic (exact) mass is 453 g/mol. The van der Waals surface area contributed by atoms with E-state index in [-0.39, 0.29) is 16.8 Å². The summed E-state index contributed by atoms with van der Waals surface area (Å²) in [6.45, 7) is 1.96. The number of halogens is 1. The standard InChI is InChI=1S/C22H16ClN3O4S/c1-3-16-24-25-22(31-16)26-18(11-5-4-6-13(9-11)29-2)17-19(27)14-10-12(23)7-8-15(14)30-20(17)21(26)28/h4-10,18H,3H2,1-2H3/t18-/m1/s1. The van der Waals surface area contributed by atoms with Crippen molar-refractivity contribution >= 4 is 44.9 Å². The summed E-state index contributed by atoms with van der Waals surface area (Å²) in [7, 11) is 1.56. The number of nitrogens with zero attached hydrogens (tertiary/aromatic N) is 3. The van der Waals surface area contributed by atoms with Gasteiger partial charge in [-0.05, 0) is 42.3 Å². The van der Waals surface area contributed by atoms with E-state index in [1.807, 2.05) is 19.1 Å². The van der Waals surface area contributed by atoms with Gasteiger partial charge in [0.25, 0.3) is 5.91 Å². The van der Waals surface area contributed by atoms with Crippen LogP contribution in [0.4, 0.5) is 5.13 Å². The first-order chi connectivity index (χ1) is 15.0. The van der Waals surface area contributed by atoms with Gasteiger partial charge in [0.2, 0.25) is 10.9 Å². The fourth-order valence-electron chi connectivity index (χ4n) is 3.75. The number of methoxy groups -OCH3 is 1. The van der Waals surface area contributed by atoms with E-state index in [1.165, 1.54) is 16.2 Å². The smallest absolute Gasteiger partial charge is 0.297 e. The van der Waals surface area contributed by atoms with Crippen molar-refractivity contribution in [2.45, 2.75) is 19.4 Å². The molecule has 0 N–H and O–H groups in total. The summed E-state index contributed by atoms with van der Waals surface area (Å²) in [5.41, 5.74) is 0.955. The number of aromatic nitrogens is 2. The molecule has 2 aromatic heterocycles. The highest BCUT2D eigenvalue weighted by molar-refractivity contribution is 7.15. The molecule has 0 fully saturated rings. The molecule has 0 saturated carbocycles. The molecule has 9 heteroatoms. The number of hydrogen-bond donors (Lipinski definition) is 0. The molecule has 7 nitrogen and oxygen atoms in total. The second-order valence-electron chi connectivity index (χ2n) is 7.00. The predicted octanol–water partition coefficient (Wildman–Crippen LogP) is 4.62. The summed E-state index contributed by atoms with van der Waals surface area (Å²) >= 11 is 7.43. The number of rotatable bonds is 4. The second kappa shape index (κ2) is 7.47. The molecule has 0 unspecified atom stereocenters. The van der Waals surface area contributed by atoms with Crippen LogP contribution in [-0.4, -0.2) is 23.2 Å². The Balaban J connectivity index is 1.80. The van der Waals surface area contributed by atoms with E-state index in [9.17, 15) is 9.59 Å². The molecule has 0 radical (unpaired) electrons. The molecule has 0 spiro atoms. The third-order valence-electron chi connectivity index (χ3n) is 5.21. The molecule has 2 aromatic carbocycles. The maximum absolute atomic E-state index is 13.5. The maximum Gasteiger partial charge on any atom is 0.297 e. The van der Waals surface area contributed by atoms with Crippen molar-refractivity contribution in [1.82, 2.24) is 10.2 Å². The first-order valence-corrected chi connectivity index (χ1v) is 10.8. The minimum Gasteiger partial charge on any atom is -0.497 e. The fraction of sp³-hybridized carbons (Fsp3) is 0.182. The van der Waals surface area contributed by atoms with Gasteiger partial charge in [-0.15, -0.1) is 10.2 Å². The molecule has 4 aromatic rings. The maximum atomic E-state index is 13.5. The zero-order valence-corrected chi connectivity index (χ0v) is 18.2. The van der Waals surface area contributed by atoms with Crippen molar-refractivity contribution in [3.8, 4) is 5.75 Å². The Hall–Kier alpha value is -3.23. The zero-order valence-electron chi connectivity index (χ0n) is 16.6. The molecule has 0 saturated heterocycles. The number of ether oxygens (including phenoxy) is 1. The molecule has 1 aliphatic rings. The Kier molecular flexibility index (Phi) is 4.75. The van der Waals surface area contributed by atoms with E-state index in [0.29, 0.717) is 38.9 Å². The van der Waals surface area contributed by atoms with Gasteiger partial charge in [0.1, 0.15) is 16.3 Å². The quantitative estimate of drug-likeness (QED) is 0.448. The third-order valence-corrected chi connectivity index (χ3v) is 6.51. The summed E-state index contributed by atoms with van der Waals surface area (Å²) in [6, 6.07) is 11.3. The predicted molar refractivity (Wildman–Crippen MR) is 118 cm³/mol.